The number of non-ortho nitro benzene ring substituents is 1. The molecular weight excluding hydrogens is 270 g/mol. The molecule has 1 aromatic heterocycles. The van der Waals surface area contributed by atoms with E-state index in [0.29, 0.717) is 22.6 Å². The van der Waals surface area contributed by atoms with Gasteiger partial charge in [-0.2, -0.15) is 0 Å². The Morgan fingerprint density at radius 2 is 2.14 bits per heavy atom. The molecule has 2 heterocycles. The highest BCUT2D eigenvalue weighted by molar-refractivity contribution is 5.90. The molecule has 1 aliphatic rings. The van der Waals surface area contributed by atoms with E-state index in [2.05, 4.69) is 20.6 Å². The highest BCUT2D eigenvalue weighted by Gasteiger charge is 2.14. The topological polar surface area (TPSA) is 93.0 Å². The first-order valence-corrected chi connectivity index (χ1v) is 7.08. The first-order chi connectivity index (χ1) is 10.2. The van der Waals surface area contributed by atoms with Crippen LogP contribution in [0.25, 0.3) is 10.9 Å². The van der Waals surface area contributed by atoms with Crippen molar-refractivity contribution < 1.29 is 4.92 Å². The fraction of sp³-hybridized carbons (Fsp3) is 0.429. The minimum atomic E-state index is -0.400. The number of fused-ring (bicyclic) bond motifs is 1. The molecule has 110 valence electrons. The van der Waals surface area contributed by atoms with Crippen LogP contribution in [-0.4, -0.2) is 34.5 Å². The molecule has 1 fully saturated rings. The van der Waals surface area contributed by atoms with E-state index in [0.717, 1.165) is 32.5 Å². The van der Waals surface area contributed by atoms with Gasteiger partial charge in [0, 0.05) is 24.1 Å². The second-order valence-corrected chi connectivity index (χ2v) is 5.26. The molecule has 0 radical (unpaired) electrons. The van der Waals surface area contributed by atoms with E-state index in [-0.39, 0.29) is 5.69 Å². The molecule has 0 aliphatic carbocycles. The molecule has 21 heavy (non-hydrogen) atoms. The quantitative estimate of drug-likeness (QED) is 0.659. The lowest BCUT2D eigenvalue weighted by Crippen LogP contribution is -2.31. The summed E-state index contributed by atoms with van der Waals surface area (Å²) >= 11 is 0. The van der Waals surface area contributed by atoms with Crippen LogP contribution >= 0.6 is 0 Å². The predicted molar refractivity (Wildman–Crippen MR) is 80.3 cm³/mol. The van der Waals surface area contributed by atoms with Crippen molar-refractivity contribution in [3.05, 3.63) is 34.6 Å². The van der Waals surface area contributed by atoms with Crippen molar-refractivity contribution in [3.8, 4) is 0 Å². The minimum Gasteiger partial charge on any atom is -0.369 e. The van der Waals surface area contributed by atoms with Gasteiger partial charge in [0.15, 0.2) is 0 Å². The average molecular weight is 287 g/mol. The van der Waals surface area contributed by atoms with Gasteiger partial charge in [-0.1, -0.05) is 0 Å². The number of hydrogen-bond donors (Lipinski definition) is 2. The highest BCUT2D eigenvalue weighted by atomic mass is 16.6. The molecule has 7 nitrogen and oxygen atoms in total. The average Bonchev–Trinajstić information content (AvgIpc) is 2.53. The van der Waals surface area contributed by atoms with Crippen molar-refractivity contribution in [2.45, 2.75) is 12.8 Å². The second-order valence-electron chi connectivity index (χ2n) is 5.26. The molecule has 0 spiro atoms. The Hall–Kier alpha value is -2.28. The Morgan fingerprint density at radius 1 is 1.33 bits per heavy atom. The summed E-state index contributed by atoms with van der Waals surface area (Å²) in [6.07, 6.45) is 3.76. The number of nitrogens with zero attached hydrogens (tertiary/aromatic N) is 3. The third kappa shape index (κ3) is 3.08. The van der Waals surface area contributed by atoms with Crippen molar-refractivity contribution in [2.24, 2.45) is 5.92 Å². The molecular formula is C14H17N5O2. The monoisotopic (exact) mass is 287 g/mol. The third-order valence-corrected chi connectivity index (χ3v) is 3.85. The van der Waals surface area contributed by atoms with Crippen molar-refractivity contribution in [1.29, 1.82) is 0 Å². The second kappa shape index (κ2) is 6.01. The first kappa shape index (κ1) is 13.7. The van der Waals surface area contributed by atoms with E-state index in [1.807, 2.05) is 0 Å². The standard InChI is InChI=1S/C14H17N5O2/c20-19(21)11-1-2-13-12(7-11)14(18-9-17-13)16-8-10-3-5-15-6-4-10/h1-2,7,9-10,15H,3-6,8H2,(H,16,17,18). The van der Waals surface area contributed by atoms with Gasteiger partial charge in [0.25, 0.3) is 5.69 Å². The molecule has 0 saturated carbocycles. The third-order valence-electron chi connectivity index (χ3n) is 3.85. The van der Waals surface area contributed by atoms with Gasteiger partial charge in [0.2, 0.25) is 0 Å². The maximum atomic E-state index is 10.9. The summed E-state index contributed by atoms with van der Waals surface area (Å²) in [5, 5.41) is 18.2. The van der Waals surface area contributed by atoms with E-state index in [1.165, 1.54) is 18.5 Å². The minimum absolute atomic E-state index is 0.0576. The molecule has 2 aromatic rings. The van der Waals surface area contributed by atoms with Crippen molar-refractivity contribution in [3.63, 3.8) is 0 Å². The first-order valence-electron chi connectivity index (χ1n) is 7.08. The summed E-state index contributed by atoms with van der Waals surface area (Å²) in [6, 6.07) is 4.65. The number of benzene rings is 1. The molecule has 0 unspecified atom stereocenters. The number of rotatable bonds is 4. The number of nitro benzene ring substituents is 1. The Kier molecular flexibility index (Phi) is 3.92. The lowest BCUT2D eigenvalue weighted by atomic mass is 9.98. The Morgan fingerprint density at radius 3 is 2.90 bits per heavy atom. The van der Waals surface area contributed by atoms with E-state index in [4.69, 9.17) is 0 Å². The zero-order valence-electron chi connectivity index (χ0n) is 11.6. The predicted octanol–water partition coefficient (Wildman–Crippen LogP) is 1.95. The van der Waals surface area contributed by atoms with Crippen molar-refractivity contribution in [1.82, 2.24) is 15.3 Å². The maximum absolute atomic E-state index is 10.9. The van der Waals surface area contributed by atoms with Crippen LogP contribution in [-0.2, 0) is 0 Å². The summed E-state index contributed by atoms with van der Waals surface area (Å²) in [5.74, 6) is 1.28. The molecule has 0 bridgehead atoms. The number of piperidine rings is 1. The number of aromatic nitrogens is 2. The van der Waals surface area contributed by atoms with Gasteiger partial charge in [-0.15, -0.1) is 0 Å². The van der Waals surface area contributed by atoms with Crippen LogP contribution in [0.4, 0.5) is 11.5 Å². The van der Waals surface area contributed by atoms with Crippen molar-refractivity contribution >= 4 is 22.4 Å². The number of anilines is 1. The van der Waals surface area contributed by atoms with Gasteiger partial charge >= 0.3 is 0 Å². The van der Waals surface area contributed by atoms with E-state index < -0.39 is 4.92 Å². The Bertz CT molecular complexity index is 655. The number of nitrogens with one attached hydrogen (secondary N) is 2. The van der Waals surface area contributed by atoms with Crippen LogP contribution in [0.3, 0.4) is 0 Å². The normalized spacial score (nSPS) is 16.0. The highest BCUT2D eigenvalue weighted by Crippen LogP contribution is 2.24. The fourth-order valence-corrected chi connectivity index (χ4v) is 2.63. The van der Waals surface area contributed by atoms with Crippen LogP contribution in [0.15, 0.2) is 24.5 Å². The van der Waals surface area contributed by atoms with Gasteiger partial charge in [0.05, 0.1) is 10.4 Å². The Labute approximate surface area is 121 Å². The zero-order chi connectivity index (χ0) is 14.7. The van der Waals surface area contributed by atoms with Gasteiger partial charge in [-0.05, 0) is 37.9 Å². The molecule has 2 N–H and O–H groups in total. The van der Waals surface area contributed by atoms with E-state index in [9.17, 15) is 10.1 Å². The summed E-state index contributed by atoms with van der Waals surface area (Å²) in [6.45, 7) is 2.92. The summed E-state index contributed by atoms with van der Waals surface area (Å²) in [7, 11) is 0. The number of nitro groups is 1. The van der Waals surface area contributed by atoms with Crippen molar-refractivity contribution in [2.75, 3.05) is 25.0 Å². The zero-order valence-corrected chi connectivity index (χ0v) is 11.6. The summed E-state index contributed by atoms with van der Waals surface area (Å²) < 4.78 is 0. The van der Waals surface area contributed by atoms with E-state index >= 15 is 0 Å². The maximum Gasteiger partial charge on any atom is 0.270 e. The largest absolute Gasteiger partial charge is 0.369 e. The molecule has 7 heteroatoms. The molecule has 1 aliphatic heterocycles. The fourth-order valence-electron chi connectivity index (χ4n) is 2.63. The summed E-state index contributed by atoms with van der Waals surface area (Å²) in [5.41, 5.74) is 0.769. The number of hydrogen-bond acceptors (Lipinski definition) is 6. The van der Waals surface area contributed by atoms with Crippen LogP contribution < -0.4 is 10.6 Å². The van der Waals surface area contributed by atoms with Gasteiger partial charge < -0.3 is 10.6 Å². The van der Waals surface area contributed by atoms with Crippen LogP contribution in [0.1, 0.15) is 12.8 Å². The van der Waals surface area contributed by atoms with Crippen LogP contribution in [0, 0.1) is 16.0 Å². The van der Waals surface area contributed by atoms with Gasteiger partial charge in [-0.25, -0.2) is 9.97 Å². The molecule has 3 rings (SSSR count). The van der Waals surface area contributed by atoms with Crippen LogP contribution in [0.5, 0.6) is 0 Å². The SMILES string of the molecule is O=[N+]([O-])c1ccc2ncnc(NCC3CCNCC3)c2c1. The van der Waals surface area contributed by atoms with Crippen LogP contribution in [0.2, 0.25) is 0 Å². The molecule has 0 atom stereocenters. The lowest BCUT2D eigenvalue weighted by Gasteiger charge is -2.23. The molecule has 1 aromatic carbocycles. The smallest absolute Gasteiger partial charge is 0.270 e. The summed E-state index contributed by atoms with van der Waals surface area (Å²) in [4.78, 5) is 18.9. The lowest BCUT2D eigenvalue weighted by molar-refractivity contribution is -0.384. The molecule has 1 saturated heterocycles. The Balaban J connectivity index is 1.83. The van der Waals surface area contributed by atoms with E-state index in [1.54, 1.807) is 6.07 Å². The van der Waals surface area contributed by atoms with Gasteiger partial charge in [-0.3, -0.25) is 10.1 Å². The molecule has 0 amide bonds. The van der Waals surface area contributed by atoms with Gasteiger partial charge in [0.1, 0.15) is 12.1 Å².